The minimum atomic E-state index is 0.198. The van der Waals surface area contributed by atoms with E-state index in [9.17, 15) is 0 Å². The van der Waals surface area contributed by atoms with E-state index in [1.165, 1.54) is 16.7 Å². The predicted octanol–water partition coefficient (Wildman–Crippen LogP) is 4.44. The molecule has 116 valence electrons. The normalized spacial score (nSPS) is 11.8. The first-order valence-corrected chi connectivity index (χ1v) is 7.98. The first kappa shape index (κ1) is 16.4. The van der Waals surface area contributed by atoms with Gasteiger partial charge in [0, 0.05) is 5.69 Å². The van der Waals surface area contributed by atoms with Crippen molar-refractivity contribution in [2.45, 2.75) is 40.2 Å². The van der Waals surface area contributed by atoms with Crippen molar-refractivity contribution in [1.82, 2.24) is 10.3 Å². The number of nitrogens with one attached hydrogen (secondary N) is 2. The Morgan fingerprint density at radius 3 is 2.55 bits per heavy atom. The molecule has 2 N–H and O–H groups in total. The molecular weight excluding hydrogens is 290 g/mol. The molecule has 0 aliphatic heterocycles. The maximum absolute atomic E-state index is 5.42. The van der Waals surface area contributed by atoms with Gasteiger partial charge in [0.1, 0.15) is 5.82 Å². The predicted molar refractivity (Wildman–Crippen MR) is 97.3 cm³/mol. The van der Waals surface area contributed by atoms with Crippen molar-refractivity contribution in [3.8, 4) is 0 Å². The van der Waals surface area contributed by atoms with Crippen molar-refractivity contribution in [2.24, 2.45) is 0 Å². The van der Waals surface area contributed by atoms with Crippen LogP contribution in [0.3, 0.4) is 0 Å². The Kier molecular flexibility index (Phi) is 5.50. The Labute approximate surface area is 138 Å². The van der Waals surface area contributed by atoms with E-state index in [4.69, 9.17) is 12.2 Å². The lowest BCUT2D eigenvalue weighted by Gasteiger charge is -2.20. The summed E-state index contributed by atoms with van der Waals surface area (Å²) in [5.74, 6) is 0.771. The van der Waals surface area contributed by atoms with E-state index < -0.39 is 0 Å². The van der Waals surface area contributed by atoms with Gasteiger partial charge in [-0.3, -0.25) is 0 Å². The second-order valence-electron chi connectivity index (χ2n) is 5.57. The van der Waals surface area contributed by atoms with Gasteiger partial charge < -0.3 is 10.6 Å². The smallest absolute Gasteiger partial charge is 0.172 e. The van der Waals surface area contributed by atoms with Crippen molar-refractivity contribution >= 4 is 23.1 Å². The van der Waals surface area contributed by atoms with E-state index in [0.29, 0.717) is 5.11 Å². The SMILES string of the molecule is CCC(NC(=S)Nc1cccc(C)n1)c1ccc(C)c(C)c1. The molecule has 1 atom stereocenters. The lowest BCUT2D eigenvalue weighted by molar-refractivity contribution is 0.628. The van der Waals surface area contributed by atoms with Gasteiger partial charge in [0.05, 0.1) is 6.04 Å². The van der Waals surface area contributed by atoms with Crippen molar-refractivity contribution in [3.63, 3.8) is 0 Å². The summed E-state index contributed by atoms with van der Waals surface area (Å²) in [7, 11) is 0. The molecule has 0 aliphatic rings. The van der Waals surface area contributed by atoms with E-state index in [2.05, 4.69) is 54.6 Å². The summed E-state index contributed by atoms with van der Waals surface area (Å²) in [5, 5.41) is 7.13. The fourth-order valence-corrected chi connectivity index (χ4v) is 2.57. The number of aryl methyl sites for hydroxylation is 3. The van der Waals surface area contributed by atoms with Crippen LogP contribution >= 0.6 is 12.2 Å². The highest BCUT2D eigenvalue weighted by molar-refractivity contribution is 7.80. The number of thiocarbonyl (C=S) groups is 1. The topological polar surface area (TPSA) is 37.0 Å². The van der Waals surface area contributed by atoms with Crippen molar-refractivity contribution in [2.75, 3.05) is 5.32 Å². The molecule has 3 nitrogen and oxygen atoms in total. The van der Waals surface area contributed by atoms with E-state index in [1.54, 1.807) is 0 Å². The van der Waals surface area contributed by atoms with Gasteiger partial charge in [-0.05, 0) is 68.2 Å². The maximum Gasteiger partial charge on any atom is 0.172 e. The number of pyridine rings is 1. The summed E-state index contributed by atoms with van der Waals surface area (Å²) < 4.78 is 0. The van der Waals surface area contributed by atoms with Crippen LogP contribution in [-0.2, 0) is 0 Å². The molecule has 22 heavy (non-hydrogen) atoms. The number of rotatable bonds is 4. The van der Waals surface area contributed by atoms with Crippen LogP contribution in [0.25, 0.3) is 0 Å². The van der Waals surface area contributed by atoms with Crippen LogP contribution in [0.5, 0.6) is 0 Å². The highest BCUT2D eigenvalue weighted by Gasteiger charge is 2.11. The summed E-state index contributed by atoms with van der Waals surface area (Å²) in [4.78, 5) is 4.41. The van der Waals surface area contributed by atoms with Crippen LogP contribution in [0.4, 0.5) is 5.82 Å². The molecule has 2 aromatic rings. The van der Waals surface area contributed by atoms with Gasteiger partial charge >= 0.3 is 0 Å². The van der Waals surface area contributed by atoms with Crippen LogP contribution in [0.1, 0.15) is 41.8 Å². The third kappa shape index (κ3) is 4.28. The molecule has 2 rings (SSSR count). The fourth-order valence-electron chi connectivity index (χ4n) is 2.33. The summed E-state index contributed by atoms with van der Waals surface area (Å²) in [6.45, 7) is 8.38. The first-order valence-electron chi connectivity index (χ1n) is 7.58. The van der Waals surface area contributed by atoms with E-state index in [0.717, 1.165) is 17.9 Å². The third-order valence-electron chi connectivity index (χ3n) is 3.78. The van der Waals surface area contributed by atoms with Crippen LogP contribution in [0, 0.1) is 20.8 Å². The lowest BCUT2D eigenvalue weighted by atomic mass is 9.99. The molecule has 1 heterocycles. The molecule has 1 unspecified atom stereocenters. The molecule has 0 amide bonds. The molecule has 0 spiro atoms. The molecule has 0 saturated carbocycles. The second kappa shape index (κ2) is 7.36. The molecule has 4 heteroatoms. The van der Waals surface area contributed by atoms with Gasteiger partial charge in [-0.15, -0.1) is 0 Å². The van der Waals surface area contributed by atoms with Gasteiger partial charge in [-0.2, -0.15) is 0 Å². The molecule has 0 radical (unpaired) electrons. The number of hydrogen-bond acceptors (Lipinski definition) is 2. The molecule has 0 aliphatic carbocycles. The Morgan fingerprint density at radius 1 is 1.14 bits per heavy atom. The van der Waals surface area contributed by atoms with Crippen LogP contribution < -0.4 is 10.6 Å². The quantitative estimate of drug-likeness (QED) is 0.818. The Hall–Kier alpha value is -1.94. The molecule has 1 aromatic carbocycles. The maximum atomic E-state index is 5.42. The molecular formula is C18H23N3S. The van der Waals surface area contributed by atoms with E-state index in [-0.39, 0.29) is 6.04 Å². The van der Waals surface area contributed by atoms with Gasteiger partial charge in [-0.25, -0.2) is 4.98 Å². The summed E-state index contributed by atoms with van der Waals surface area (Å²) in [6.07, 6.45) is 0.964. The zero-order chi connectivity index (χ0) is 16.1. The van der Waals surface area contributed by atoms with Gasteiger partial charge in [-0.1, -0.05) is 31.2 Å². The molecule has 0 fully saturated rings. The van der Waals surface area contributed by atoms with Crippen LogP contribution in [-0.4, -0.2) is 10.1 Å². The zero-order valence-corrected chi connectivity index (χ0v) is 14.4. The first-order chi connectivity index (χ1) is 10.5. The molecule has 0 bridgehead atoms. The van der Waals surface area contributed by atoms with Crippen LogP contribution in [0.15, 0.2) is 36.4 Å². The average Bonchev–Trinajstić information content (AvgIpc) is 2.48. The highest BCUT2D eigenvalue weighted by Crippen LogP contribution is 2.20. The number of hydrogen-bond donors (Lipinski definition) is 2. The average molecular weight is 313 g/mol. The second-order valence-corrected chi connectivity index (χ2v) is 5.98. The highest BCUT2D eigenvalue weighted by atomic mass is 32.1. The van der Waals surface area contributed by atoms with E-state index >= 15 is 0 Å². The van der Waals surface area contributed by atoms with E-state index in [1.807, 2.05) is 25.1 Å². The van der Waals surface area contributed by atoms with Crippen molar-refractivity contribution in [1.29, 1.82) is 0 Å². The Balaban J connectivity index is 2.06. The fraction of sp³-hybridized carbons (Fsp3) is 0.333. The number of benzene rings is 1. The molecule has 1 aromatic heterocycles. The third-order valence-corrected chi connectivity index (χ3v) is 4.00. The minimum Gasteiger partial charge on any atom is -0.356 e. The minimum absolute atomic E-state index is 0.198. The lowest BCUT2D eigenvalue weighted by Crippen LogP contribution is -2.32. The van der Waals surface area contributed by atoms with Gasteiger partial charge in [0.25, 0.3) is 0 Å². The van der Waals surface area contributed by atoms with Crippen LogP contribution in [0.2, 0.25) is 0 Å². The Bertz CT molecular complexity index is 667. The largest absolute Gasteiger partial charge is 0.356 e. The van der Waals surface area contributed by atoms with Crippen molar-refractivity contribution in [3.05, 3.63) is 58.8 Å². The number of anilines is 1. The number of nitrogens with zero attached hydrogens (tertiary/aromatic N) is 1. The molecule has 0 saturated heterocycles. The summed E-state index contributed by atoms with van der Waals surface area (Å²) in [5.41, 5.74) is 4.83. The number of aromatic nitrogens is 1. The standard InChI is InChI=1S/C18H23N3S/c1-5-16(15-10-9-12(2)13(3)11-15)20-18(22)21-17-8-6-7-14(4)19-17/h6-11,16H,5H2,1-4H3,(H2,19,20,21,22). The van der Waals surface area contributed by atoms with Gasteiger partial charge in [0.15, 0.2) is 5.11 Å². The summed E-state index contributed by atoms with van der Waals surface area (Å²) in [6, 6.07) is 12.6. The van der Waals surface area contributed by atoms with Crippen molar-refractivity contribution < 1.29 is 0 Å². The summed E-state index contributed by atoms with van der Waals surface area (Å²) >= 11 is 5.42. The van der Waals surface area contributed by atoms with Gasteiger partial charge in [0.2, 0.25) is 0 Å². The zero-order valence-electron chi connectivity index (χ0n) is 13.6. The monoisotopic (exact) mass is 313 g/mol. The Morgan fingerprint density at radius 2 is 1.91 bits per heavy atom.